The Morgan fingerprint density at radius 2 is 2.25 bits per heavy atom. The summed E-state index contributed by atoms with van der Waals surface area (Å²) in [5.74, 6) is -0.545. The monoisotopic (exact) mass is 306 g/mol. The summed E-state index contributed by atoms with van der Waals surface area (Å²) >= 11 is 8.91. The fraction of sp³-hybridized carbons (Fsp3) is 0.222. The number of hydrogen-bond acceptors (Lipinski definition) is 3. The van der Waals surface area contributed by atoms with Crippen LogP contribution >= 0.6 is 27.5 Å². The van der Waals surface area contributed by atoms with Gasteiger partial charge in [0.05, 0.1) is 9.95 Å². The molecule has 0 fully saturated rings. The van der Waals surface area contributed by atoms with E-state index in [-0.39, 0.29) is 16.3 Å². The maximum atomic E-state index is 11.6. The molecule has 1 rings (SSSR count). The second-order valence-electron chi connectivity index (χ2n) is 2.84. The first-order chi connectivity index (χ1) is 7.57. The lowest BCUT2D eigenvalue weighted by Crippen LogP contribution is -2.26. The van der Waals surface area contributed by atoms with Crippen LogP contribution in [-0.2, 0) is 0 Å². The van der Waals surface area contributed by atoms with E-state index < -0.39 is 10.8 Å². The number of nitro benzene ring substituents is 1. The number of nitro groups is 1. The quantitative estimate of drug-likeness (QED) is 0.527. The predicted octanol–water partition coefficient (Wildman–Crippen LogP) is 2.37. The van der Waals surface area contributed by atoms with E-state index in [1.165, 1.54) is 18.2 Å². The van der Waals surface area contributed by atoms with E-state index in [0.29, 0.717) is 11.9 Å². The molecule has 1 amide bonds. The summed E-state index contributed by atoms with van der Waals surface area (Å²) in [6.07, 6.45) is 0. The molecule has 0 saturated carbocycles. The Kier molecular flexibility index (Phi) is 4.70. The van der Waals surface area contributed by atoms with Crippen LogP contribution in [0, 0.1) is 10.1 Å². The zero-order valence-electron chi connectivity index (χ0n) is 8.07. The summed E-state index contributed by atoms with van der Waals surface area (Å²) < 4.78 is 0. The maximum absolute atomic E-state index is 11.6. The van der Waals surface area contributed by atoms with Crippen molar-refractivity contribution in [1.29, 1.82) is 0 Å². The predicted molar refractivity (Wildman–Crippen MR) is 64.2 cm³/mol. The fourth-order valence-corrected chi connectivity index (χ4v) is 1.59. The number of benzene rings is 1. The van der Waals surface area contributed by atoms with Crippen molar-refractivity contribution in [1.82, 2.24) is 5.32 Å². The van der Waals surface area contributed by atoms with E-state index in [1.54, 1.807) is 0 Å². The van der Waals surface area contributed by atoms with Crippen molar-refractivity contribution < 1.29 is 9.72 Å². The first kappa shape index (κ1) is 12.9. The zero-order chi connectivity index (χ0) is 12.1. The highest BCUT2D eigenvalue weighted by Gasteiger charge is 2.22. The van der Waals surface area contributed by atoms with Gasteiger partial charge in [0.2, 0.25) is 0 Å². The van der Waals surface area contributed by atoms with E-state index in [0.717, 1.165) is 0 Å². The fourth-order valence-electron chi connectivity index (χ4n) is 1.14. The minimum atomic E-state index is -0.630. The van der Waals surface area contributed by atoms with Crippen LogP contribution < -0.4 is 5.32 Å². The van der Waals surface area contributed by atoms with Crippen LogP contribution in [0.3, 0.4) is 0 Å². The molecule has 0 aromatic heterocycles. The van der Waals surface area contributed by atoms with Gasteiger partial charge in [0.1, 0.15) is 5.56 Å². The Hall–Kier alpha value is -1.14. The molecular weight excluding hydrogens is 299 g/mol. The van der Waals surface area contributed by atoms with Crippen molar-refractivity contribution in [2.24, 2.45) is 0 Å². The Morgan fingerprint density at radius 3 is 2.81 bits per heavy atom. The molecule has 1 aromatic carbocycles. The standard InChI is InChI=1S/C9H8BrClN2O3/c10-4-5-12-9(14)8-6(11)2-1-3-7(8)13(15)16/h1-3H,4-5H2,(H,12,14). The average Bonchev–Trinajstić information content (AvgIpc) is 2.25. The zero-order valence-corrected chi connectivity index (χ0v) is 10.4. The van der Waals surface area contributed by atoms with E-state index in [2.05, 4.69) is 21.2 Å². The minimum absolute atomic E-state index is 0.0706. The van der Waals surface area contributed by atoms with Gasteiger partial charge in [0.25, 0.3) is 11.6 Å². The molecule has 0 aliphatic carbocycles. The van der Waals surface area contributed by atoms with Crippen LogP contribution in [0.15, 0.2) is 18.2 Å². The third-order valence-corrected chi connectivity index (χ3v) is 2.51. The van der Waals surface area contributed by atoms with Crippen molar-refractivity contribution in [3.05, 3.63) is 38.9 Å². The van der Waals surface area contributed by atoms with Crippen molar-refractivity contribution in [2.75, 3.05) is 11.9 Å². The van der Waals surface area contributed by atoms with Crippen molar-refractivity contribution in [3.8, 4) is 0 Å². The Bertz CT molecular complexity index is 425. The highest BCUT2D eigenvalue weighted by Crippen LogP contribution is 2.25. The molecule has 5 nitrogen and oxygen atoms in total. The van der Waals surface area contributed by atoms with Gasteiger partial charge in [0, 0.05) is 17.9 Å². The third-order valence-electron chi connectivity index (χ3n) is 1.80. The summed E-state index contributed by atoms with van der Waals surface area (Å²) in [6.45, 7) is 0.376. The van der Waals surface area contributed by atoms with Crippen LogP contribution in [-0.4, -0.2) is 22.7 Å². The maximum Gasteiger partial charge on any atom is 0.283 e. The normalized spacial score (nSPS) is 9.88. The molecule has 0 aliphatic rings. The minimum Gasteiger partial charge on any atom is -0.351 e. The van der Waals surface area contributed by atoms with Gasteiger partial charge in [-0.05, 0) is 6.07 Å². The Morgan fingerprint density at radius 1 is 1.56 bits per heavy atom. The molecule has 1 N–H and O–H groups in total. The SMILES string of the molecule is O=C(NCCBr)c1c(Cl)cccc1[N+](=O)[O-]. The highest BCUT2D eigenvalue weighted by atomic mass is 79.9. The van der Waals surface area contributed by atoms with Crippen LogP contribution in [0.1, 0.15) is 10.4 Å². The summed E-state index contributed by atoms with van der Waals surface area (Å²) in [5, 5.41) is 13.9. The van der Waals surface area contributed by atoms with Crippen molar-refractivity contribution in [2.45, 2.75) is 0 Å². The molecule has 1 aromatic rings. The number of halogens is 2. The van der Waals surface area contributed by atoms with Gasteiger partial charge in [-0.15, -0.1) is 0 Å². The number of carbonyl (C=O) groups is 1. The number of nitrogens with zero attached hydrogens (tertiary/aromatic N) is 1. The van der Waals surface area contributed by atoms with Gasteiger partial charge in [-0.1, -0.05) is 33.6 Å². The summed E-state index contributed by atoms with van der Waals surface area (Å²) in [4.78, 5) is 21.7. The van der Waals surface area contributed by atoms with Crippen molar-refractivity contribution >= 4 is 39.1 Å². The number of carbonyl (C=O) groups excluding carboxylic acids is 1. The van der Waals surface area contributed by atoms with Gasteiger partial charge >= 0.3 is 0 Å². The van der Waals surface area contributed by atoms with E-state index in [9.17, 15) is 14.9 Å². The molecule has 0 atom stereocenters. The molecule has 7 heteroatoms. The molecule has 0 bridgehead atoms. The van der Waals surface area contributed by atoms with Crippen LogP contribution in [0.2, 0.25) is 5.02 Å². The first-order valence-corrected chi connectivity index (χ1v) is 5.85. The summed E-state index contributed by atoms with van der Waals surface area (Å²) in [7, 11) is 0. The van der Waals surface area contributed by atoms with Gasteiger partial charge < -0.3 is 5.32 Å². The lowest BCUT2D eigenvalue weighted by Gasteiger charge is -2.05. The molecule has 0 radical (unpaired) electrons. The largest absolute Gasteiger partial charge is 0.351 e. The molecule has 0 spiro atoms. The number of rotatable bonds is 4. The second kappa shape index (κ2) is 5.81. The first-order valence-electron chi connectivity index (χ1n) is 4.35. The Balaban J connectivity index is 3.10. The van der Waals surface area contributed by atoms with Crippen LogP contribution in [0.4, 0.5) is 5.69 Å². The highest BCUT2D eigenvalue weighted by molar-refractivity contribution is 9.09. The van der Waals surface area contributed by atoms with Crippen molar-refractivity contribution in [3.63, 3.8) is 0 Å². The molecule has 0 saturated heterocycles. The number of amides is 1. The molecular formula is C9H8BrClN2O3. The molecule has 0 heterocycles. The van der Waals surface area contributed by atoms with Crippen LogP contribution in [0.5, 0.6) is 0 Å². The van der Waals surface area contributed by atoms with Crippen LogP contribution in [0.25, 0.3) is 0 Å². The second-order valence-corrected chi connectivity index (χ2v) is 4.04. The lowest BCUT2D eigenvalue weighted by atomic mass is 10.1. The smallest absolute Gasteiger partial charge is 0.283 e. The van der Waals surface area contributed by atoms with Gasteiger partial charge in [0.15, 0.2) is 0 Å². The summed E-state index contributed by atoms with van der Waals surface area (Å²) in [6, 6.07) is 4.12. The molecule has 16 heavy (non-hydrogen) atoms. The Labute approximate surface area is 105 Å². The molecule has 86 valence electrons. The van der Waals surface area contributed by atoms with E-state index >= 15 is 0 Å². The average molecular weight is 308 g/mol. The van der Waals surface area contributed by atoms with Gasteiger partial charge in [-0.2, -0.15) is 0 Å². The topological polar surface area (TPSA) is 72.2 Å². The van der Waals surface area contributed by atoms with Gasteiger partial charge in [-0.3, -0.25) is 14.9 Å². The van der Waals surface area contributed by atoms with E-state index in [4.69, 9.17) is 11.6 Å². The molecule has 0 unspecified atom stereocenters. The number of nitrogens with one attached hydrogen (secondary N) is 1. The van der Waals surface area contributed by atoms with E-state index in [1.807, 2.05) is 0 Å². The number of alkyl halides is 1. The summed E-state index contributed by atoms with van der Waals surface area (Å²) in [5.41, 5.74) is -0.394. The third kappa shape index (κ3) is 2.93. The van der Waals surface area contributed by atoms with Gasteiger partial charge in [-0.25, -0.2) is 0 Å². The number of hydrogen-bond donors (Lipinski definition) is 1. The molecule has 0 aliphatic heterocycles. The lowest BCUT2D eigenvalue weighted by molar-refractivity contribution is -0.385.